The largest absolute Gasteiger partial charge is 0.480 e. The van der Waals surface area contributed by atoms with E-state index < -0.39 is 35.7 Å². The summed E-state index contributed by atoms with van der Waals surface area (Å²) in [6, 6.07) is -1.73. The van der Waals surface area contributed by atoms with Gasteiger partial charge in [-0.3, -0.25) is 9.59 Å². The van der Waals surface area contributed by atoms with Crippen molar-refractivity contribution in [2.45, 2.75) is 64.6 Å². The molecule has 5 N–H and O–H groups in total. The van der Waals surface area contributed by atoms with E-state index in [-0.39, 0.29) is 0 Å². The molecule has 0 bridgehead atoms. The molecule has 8 heteroatoms. The van der Waals surface area contributed by atoms with E-state index in [4.69, 9.17) is 15.6 Å². The first-order valence-electron chi connectivity index (χ1n) is 7.28. The minimum Gasteiger partial charge on any atom is -0.480 e. The van der Waals surface area contributed by atoms with Crippen molar-refractivity contribution >= 4 is 18.0 Å². The van der Waals surface area contributed by atoms with Crippen molar-refractivity contribution < 1.29 is 24.2 Å². The van der Waals surface area contributed by atoms with Gasteiger partial charge in [-0.1, -0.05) is 0 Å². The zero-order valence-electron chi connectivity index (χ0n) is 13.6. The molecule has 0 unspecified atom stereocenters. The van der Waals surface area contributed by atoms with E-state index in [2.05, 4.69) is 10.6 Å². The number of rotatable bonds is 8. The van der Waals surface area contributed by atoms with Gasteiger partial charge in [0.25, 0.3) is 0 Å². The highest BCUT2D eigenvalue weighted by Gasteiger charge is 2.19. The van der Waals surface area contributed by atoms with Crippen LogP contribution in [0.4, 0.5) is 4.79 Å². The second kappa shape index (κ2) is 9.24. The zero-order chi connectivity index (χ0) is 17.3. The number of hydrogen-bond acceptors (Lipinski definition) is 5. The Morgan fingerprint density at radius 2 is 1.82 bits per heavy atom. The van der Waals surface area contributed by atoms with Crippen LogP contribution in [-0.4, -0.2) is 47.3 Å². The Kier molecular flexibility index (Phi) is 8.47. The van der Waals surface area contributed by atoms with Crippen LogP contribution >= 0.6 is 0 Å². The molecule has 0 aliphatic heterocycles. The van der Waals surface area contributed by atoms with Crippen LogP contribution in [0.25, 0.3) is 0 Å². The van der Waals surface area contributed by atoms with Gasteiger partial charge >= 0.3 is 12.1 Å². The predicted octanol–water partition coefficient (Wildman–Crippen LogP) is 0.598. The lowest BCUT2D eigenvalue weighted by Gasteiger charge is -2.19. The van der Waals surface area contributed by atoms with Gasteiger partial charge in [-0.05, 0) is 47.0 Å². The fourth-order valence-electron chi connectivity index (χ4n) is 1.51. The summed E-state index contributed by atoms with van der Waals surface area (Å²) < 4.78 is 5.08. The number of hydrogen-bond donors (Lipinski definition) is 4. The molecule has 0 aromatic rings. The Bertz CT molecular complexity index is 392. The lowest BCUT2D eigenvalue weighted by atomic mass is 10.1. The maximum Gasteiger partial charge on any atom is 0.407 e. The number of amides is 2. The Balaban J connectivity index is 3.81. The van der Waals surface area contributed by atoms with Crippen LogP contribution in [0.5, 0.6) is 0 Å². The third kappa shape index (κ3) is 9.98. The number of carboxylic acids is 1. The molecule has 0 aliphatic rings. The van der Waals surface area contributed by atoms with E-state index in [1.165, 1.54) is 6.92 Å². The van der Waals surface area contributed by atoms with Crippen molar-refractivity contribution in [2.75, 3.05) is 6.54 Å². The van der Waals surface area contributed by atoms with E-state index in [1.54, 1.807) is 20.8 Å². The van der Waals surface area contributed by atoms with Gasteiger partial charge in [-0.25, -0.2) is 4.79 Å². The van der Waals surface area contributed by atoms with Gasteiger partial charge in [0.15, 0.2) is 0 Å². The number of carbonyl (C=O) groups is 3. The topological polar surface area (TPSA) is 131 Å². The van der Waals surface area contributed by atoms with Crippen LogP contribution in [0.2, 0.25) is 0 Å². The number of ether oxygens (including phenoxy) is 1. The molecule has 0 spiro atoms. The van der Waals surface area contributed by atoms with Crippen LogP contribution in [-0.2, 0) is 14.3 Å². The normalized spacial score (nSPS) is 13.9. The average molecular weight is 317 g/mol. The fraction of sp³-hybridized carbons (Fsp3) is 0.786. The van der Waals surface area contributed by atoms with E-state index in [9.17, 15) is 14.4 Å². The number of carboxylic acid groups (broad SMARTS) is 1. The lowest BCUT2D eigenvalue weighted by molar-refractivity contribution is -0.141. The maximum absolute atomic E-state index is 11.6. The first kappa shape index (κ1) is 20.2. The number of carbonyl (C=O) groups excluding carboxylic acids is 2. The van der Waals surface area contributed by atoms with Gasteiger partial charge in [0.2, 0.25) is 5.91 Å². The number of alkyl carbamates (subject to hydrolysis) is 1. The number of aliphatic carboxylic acids is 1. The van der Waals surface area contributed by atoms with Crippen molar-refractivity contribution in [1.82, 2.24) is 10.6 Å². The van der Waals surface area contributed by atoms with E-state index in [0.29, 0.717) is 25.8 Å². The monoisotopic (exact) mass is 317 g/mol. The van der Waals surface area contributed by atoms with Crippen LogP contribution in [0.1, 0.15) is 47.0 Å². The lowest BCUT2D eigenvalue weighted by Crippen LogP contribution is -2.47. The molecule has 0 fully saturated rings. The second-order valence-electron chi connectivity index (χ2n) is 6.10. The number of unbranched alkanes of at least 4 members (excludes halogenated alkanes) is 1. The summed E-state index contributed by atoms with van der Waals surface area (Å²) in [5.74, 6) is -1.60. The summed E-state index contributed by atoms with van der Waals surface area (Å²) in [5, 5.41) is 13.6. The van der Waals surface area contributed by atoms with Crippen LogP contribution in [0.15, 0.2) is 0 Å². The minimum atomic E-state index is -1.11. The molecule has 22 heavy (non-hydrogen) atoms. The Hall–Kier alpha value is -1.83. The van der Waals surface area contributed by atoms with Crippen molar-refractivity contribution in [3.8, 4) is 0 Å². The summed E-state index contributed by atoms with van der Waals surface area (Å²) in [6.45, 7) is 7.14. The molecule has 0 radical (unpaired) electrons. The van der Waals surface area contributed by atoms with Crippen molar-refractivity contribution in [3.63, 3.8) is 0 Å². The molecule has 0 aromatic heterocycles. The second-order valence-corrected chi connectivity index (χ2v) is 6.10. The standard InChI is InChI=1S/C14H27N3O5/c1-9(12(19)20)17-11(18)10(15)7-5-6-8-16-13(21)22-14(2,3)4/h9-10H,5-8,15H2,1-4H3,(H,16,21)(H,17,18)(H,19,20)/t9-,10-/m0/s1. The first-order valence-corrected chi connectivity index (χ1v) is 7.28. The van der Waals surface area contributed by atoms with Crippen LogP contribution in [0.3, 0.4) is 0 Å². The zero-order valence-corrected chi connectivity index (χ0v) is 13.6. The van der Waals surface area contributed by atoms with Gasteiger partial charge in [-0.2, -0.15) is 0 Å². The first-order chi connectivity index (χ1) is 10.0. The molecular weight excluding hydrogens is 290 g/mol. The SMILES string of the molecule is C[C@H](NC(=O)[C@@H](N)CCCCNC(=O)OC(C)(C)C)C(=O)O. The summed E-state index contributed by atoms with van der Waals surface area (Å²) in [4.78, 5) is 33.6. The van der Waals surface area contributed by atoms with Gasteiger partial charge in [-0.15, -0.1) is 0 Å². The van der Waals surface area contributed by atoms with Gasteiger partial charge in [0, 0.05) is 6.54 Å². The average Bonchev–Trinajstić information content (AvgIpc) is 2.35. The van der Waals surface area contributed by atoms with E-state index in [1.807, 2.05) is 0 Å². The van der Waals surface area contributed by atoms with Crippen LogP contribution < -0.4 is 16.4 Å². The Morgan fingerprint density at radius 1 is 1.23 bits per heavy atom. The summed E-state index contributed by atoms with van der Waals surface area (Å²) >= 11 is 0. The highest BCUT2D eigenvalue weighted by atomic mass is 16.6. The molecule has 2 atom stereocenters. The number of nitrogens with two attached hydrogens (primary N) is 1. The quantitative estimate of drug-likeness (QED) is 0.485. The molecule has 8 nitrogen and oxygen atoms in total. The summed E-state index contributed by atoms with van der Waals surface area (Å²) in [5.41, 5.74) is 5.14. The molecule has 0 saturated carbocycles. The van der Waals surface area contributed by atoms with Crippen LogP contribution in [0, 0.1) is 0 Å². The van der Waals surface area contributed by atoms with E-state index in [0.717, 1.165) is 0 Å². The summed E-state index contributed by atoms with van der Waals surface area (Å²) in [7, 11) is 0. The molecule has 0 saturated heterocycles. The molecule has 0 aromatic carbocycles. The third-order valence-electron chi connectivity index (χ3n) is 2.68. The van der Waals surface area contributed by atoms with Crippen molar-refractivity contribution in [1.29, 1.82) is 0 Å². The van der Waals surface area contributed by atoms with Gasteiger partial charge < -0.3 is 26.2 Å². The molecule has 128 valence electrons. The highest BCUT2D eigenvalue weighted by molar-refractivity contribution is 5.86. The van der Waals surface area contributed by atoms with Crippen molar-refractivity contribution in [2.24, 2.45) is 5.73 Å². The molecular formula is C14H27N3O5. The maximum atomic E-state index is 11.6. The molecule has 0 heterocycles. The smallest absolute Gasteiger partial charge is 0.407 e. The predicted molar refractivity (Wildman–Crippen MR) is 81.3 cm³/mol. The van der Waals surface area contributed by atoms with E-state index >= 15 is 0 Å². The molecule has 0 rings (SSSR count). The Labute approximate surface area is 130 Å². The fourth-order valence-corrected chi connectivity index (χ4v) is 1.51. The molecule has 0 aliphatic carbocycles. The minimum absolute atomic E-state index is 0.411. The highest BCUT2D eigenvalue weighted by Crippen LogP contribution is 2.06. The summed E-state index contributed by atoms with van der Waals surface area (Å²) in [6.07, 6.45) is 1.21. The van der Waals surface area contributed by atoms with Gasteiger partial charge in [0.1, 0.15) is 11.6 Å². The molecule has 2 amide bonds. The number of nitrogens with one attached hydrogen (secondary N) is 2. The van der Waals surface area contributed by atoms with Gasteiger partial charge in [0.05, 0.1) is 6.04 Å². The third-order valence-corrected chi connectivity index (χ3v) is 2.68. The van der Waals surface area contributed by atoms with Crippen molar-refractivity contribution in [3.05, 3.63) is 0 Å². The Morgan fingerprint density at radius 3 is 2.32 bits per heavy atom.